The van der Waals surface area contributed by atoms with E-state index in [4.69, 9.17) is 0 Å². The van der Waals surface area contributed by atoms with Gasteiger partial charge >= 0.3 is 0 Å². The second-order valence-electron chi connectivity index (χ2n) is 7.59. The lowest BCUT2D eigenvalue weighted by atomic mass is 10.4. The van der Waals surface area contributed by atoms with Crippen molar-refractivity contribution in [2.75, 3.05) is 31.3 Å². The molecule has 45 heavy (non-hydrogen) atoms. The molecular formula is C35H45F5S5. The van der Waals surface area contributed by atoms with Crippen LogP contribution in [0.15, 0.2) is 176 Å². The molecule has 0 nitrogen and oxygen atoms in total. The van der Waals surface area contributed by atoms with Crippen molar-refractivity contribution in [1.29, 1.82) is 0 Å². The number of thioether (sulfide) groups is 5. The molecule has 0 amide bonds. The van der Waals surface area contributed by atoms with Gasteiger partial charge in [-0.1, -0.05) is 91.0 Å². The van der Waals surface area contributed by atoms with Crippen LogP contribution in [0, 0.1) is 0 Å². The van der Waals surface area contributed by atoms with E-state index in [2.05, 4.69) is 91.9 Å². The largest absolute Gasteiger partial charge is 0.269 e. The Labute approximate surface area is 288 Å². The van der Waals surface area contributed by atoms with Crippen molar-refractivity contribution in [3.8, 4) is 0 Å². The Balaban J connectivity index is -0.000000144. The van der Waals surface area contributed by atoms with E-state index in [1.165, 1.54) is 24.5 Å². The van der Waals surface area contributed by atoms with Crippen molar-refractivity contribution in [3.63, 3.8) is 0 Å². The number of benzene rings is 5. The first kappa shape index (κ1) is 52.1. The van der Waals surface area contributed by atoms with Gasteiger partial charge in [-0.2, -0.15) is 0 Å². The van der Waals surface area contributed by atoms with Gasteiger partial charge in [0.15, 0.2) is 0 Å². The molecule has 5 rings (SSSR count). The van der Waals surface area contributed by atoms with Crippen molar-refractivity contribution in [2.24, 2.45) is 0 Å². The van der Waals surface area contributed by atoms with Crippen LogP contribution in [0.5, 0.6) is 0 Å². The van der Waals surface area contributed by atoms with Crippen LogP contribution >= 0.6 is 58.8 Å². The van der Waals surface area contributed by atoms with Crippen molar-refractivity contribution < 1.29 is 23.5 Å². The van der Waals surface area contributed by atoms with Crippen LogP contribution in [0.4, 0.5) is 23.5 Å². The lowest BCUT2D eigenvalue weighted by Crippen LogP contribution is -1.62. The molecule has 0 atom stereocenters. The Morgan fingerprint density at radius 2 is 0.333 bits per heavy atom. The molecule has 250 valence electrons. The summed E-state index contributed by atoms with van der Waals surface area (Å²) in [5, 5.41) is 0. The van der Waals surface area contributed by atoms with Crippen molar-refractivity contribution in [3.05, 3.63) is 152 Å². The average molecular weight is 721 g/mol. The fourth-order valence-electron chi connectivity index (χ4n) is 2.78. The summed E-state index contributed by atoms with van der Waals surface area (Å²) < 4.78 is 0. The van der Waals surface area contributed by atoms with Gasteiger partial charge in [-0.15, -0.1) is 58.8 Å². The minimum absolute atomic E-state index is 0. The van der Waals surface area contributed by atoms with Crippen LogP contribution in [0.3, 0.4) is 0 Å². The third-order valence-corrected chi connectivity index (χ3v) is 8.61. The standard InChI is InChI=1S/5C7H8S.5FH/c5*1-8-7-5-3-2-4-6-7;;;;;/h5*2-6H,1H3;5*1H. The number of hydrogen-bond acceptors (Lipinski definition) is 5. The predicted octanol–water partition coefficient (Wildman–Crippen LogP) is 12.8. The molecule has 0 saturated heterocycles. The smallest absolute Gasteiger partial charge is 0.00691 e. The highest BCUT2D eigenvalue weighted by molar-refractivity contribution is 7.99. The Hall–Kier alpha value is -2.50. The molecule has 0 unspecified atom stereocenters. The van der Waals surface area contributed by atoms with Gasteiger partial charge in [0.25, 0.3) is 0 Å². The topological polar surface area (TPSA) is 0 Å². The van der Waals surface area contributed by atoms with E-state index in [1.807, 2.05) is 91.0 Å². The molecule has 5 aromatic carbocycles. The monoisotopic (exact) mass is 720 g/mol. The highest BCUT2D eigenvalue weighted by Gasteiger charge is 1.83. The van der Waals surface area contributed by atoms with Crippen LogP contribution in [-0.2, 0) is 0 Å². The van der Waals surface area contributed by atoms with Gasteiger partial charge in [-0.25, -0.2) is 0 Å². The average Bonchev–Trinajstić information content (AvgIpc) is 3.07. The summed E-state index contributed by atoms with van der Waals surface area (Å²) in [4.78, 5) is 6.63. The van der Waals surface area contributed by atoms with E-state index in [1.54, 1.807) is 58.8 Å². The quantitative estimate of drug-likeness (QED) is 0.131. The molecule has 0 aliphatic carbocycles. The lowest BCUT2D eigenvalue weighted by Gasteiger charge is -1.89. The maximum absolute atomic E-state index is 2.10. The second-order valence-corrected chi connectivity index (χ2v) is 12.0. The molecule has 0 aromatic heterocycles. The molecule has 0 N–H and O–H groups in total. The zero-order chi connectivity index (χ0) is 29.1. The summed E-state index contributed by atoms with van der Waals surface area (Å²) in [6.07, 6.45) is 10.4. The van der Waals surface area contributed by atoms with Crippen LogP contribution in [-0.4, -0.2) is 31.3 Å². The fourth-order valence-corrected chi connectivity index (χ4v) is 4.93. The van der Waals surface area contributed by atoms with Crippen LogP contribution in [0.1, 0.15) is 0 Å². The molecule has 0 fully saturated rings. The Bertz CT molecular complexity index is 981. The number of hydrogen-bond donors (Lipinski definition) is 0. The van der Waals surface area contributed by atoms with Crippen LogP contribution in [0.2, 0.25) is 0 Å². The summed E-state index contributed by atoms with van der Waals surface area (Å²) in [6.45, 7) is 0. The molecule has 0 radical (unpaired) electrons. The Morgan fingerprint density at radius 3 is 0.400 bits per heavy atom. The zero-order valence-electron chi connectivity index (χ0n) is 26.0. The highest BCUT2D eigenvalue weighted by atomic mass is 32.2. The van der Waals surface area contributed by atoms with E-state index in [9.17, 15) is 0 Å². The van der Waals surface area contributed by atoms with Crippen LogP contribution in [0.25, 0.3) is 0 Å². The third-order valence-electron chi connectivity index (χ3n) is 4.89. The number of rotatable bonds is 5. The molecule has 10 heteroatoms. The molecule has 0 spiro atoms. The molecule has 0 heterocycles. The van der Waals surface area contributed by atoms with E-state index in [0.29, 0.717) is 0 Å². The summed E-state index contributed by atoms with van der Waals surface area (Å²) >= 11 is 8.84. The second kappa shape index (κ2) is 37.7. The van der Waals surface area contributed by atoms with Crippen molar-refractivity contribution >= 4 is 58.8 Å². The zero-order valence-corrected chi connectivity index (χ0v) is 30.1. The first-order chi connectivity index (χ1) is 19.7. The van der Waals surface area contributed by atoms with E-state index in [-0.39, 0.29) is 23.5 Å². The first-order valence-electron chi connectivity index (χ1n) is 12.6. The minimum Gasteiger partial charge on any atom is -0.269 e. The van der Waals surface area contributed by atoms with Crippen molar-refractivity contribution in [2.45, 2.75) is 24.5 Å². The SMILES string of the molecule is CSc1ccccc1.CSc1ccccc1.CSc1ccccc1.CSc1ccccc1.CSc1ccccc1.F.F.F.F.F. The summed E-state index contributed by atoms with van der Waals surface area (Å²) in [5.74, 6) is 0. The Morgan fingerprint density at radius 1 is 0.222 bits per heavy atom. The molecular weight excluding hydrogens is 676 g/mol. The first-order valence-corrected chi connectivity index (χ1v) is 18.7. The maximum atomic E-state index is 2.10. The minimum atomic E-state index is 0. The summed E-state index contributed by atoms with van der Waals surface area (Å²) in [5.41, 5.74) is 0. The summed E-state index contributed by atoms with van der Waals surface area (Å²) in [6, 6.07) is 51.6. The molecule has 0 aliphatic rings. The van der Waals surface area contributed by atoms with Crippen LogP contribution < -0.4 is 0 Å². The van der Waals surface area contributed by atoms with E-state index in [0.717, 1.165) is 0 Å². The molecule has 0 aliphatic heterocycles. The van der Waals surface area contributed by atoms with Gasteiger partial charge in [0, 0.05) is 24.5 Å². The summed E-state index contributed by atoms with van der Waals surface area (Å²) in [7, 11) is 0. The maximum Gasteiger partial charge on any atom is 0.00691 e. The van der Waals surface area contributed by atoms with Gasteiger partial charge in [0.2, 0.25) is 0 Å². The van der Waals surface area contributed by atoms with Gasteiger partial charge in [-0.05, 0) is 91.9 Å². The van der Waals surface area contributed by atoms with Gasteiger partial charge in [-0.3, -0.25) is 23.5 Å². The third kappa shape index (κ3) is 28.7. The molecule has 5 aromatic rings. The predicted molar refractivity (Wildman–Crippen MR) is 204 cm³/mol. The highest BCUT2D eigenvalue weighted by Crippen LogP contribution is 2.14. The van der Waals surface area contributed by atoms with Crippen molar-refractivity contribution in [1.82, 2.24) is 0 Å². The molecule has 0 saturated carbocycles. The van der Waals surface area contributed by atoms with E-state index < -0.39 is 0 Å². The number of halogens is 5. The molecule has 0 bridgehead atoms. The normalized spacial score (nSPS) is 8.11. The fraction of sp³-hybridized carbons (Fsp3) is 0.143. The van der Waals surface area contributed by atoms with Gasteiger partial charge < -0.3 is 0 Å². The van der Waals surface area contributed by atoms with E-state index >= 15 is 0 Å². The lowest BCUT2D eigenvalue weighted by molar-refractivity contribution is 1.11. The van der Waals surface area contributed by atoms with Gasteiger partial charge in [0.05, 0.1) is 0 Å². The van der Waals surface area contributed by atoms with Gasteiger partial charge in [0.1, 0.15) is 0 Å². The Kier molecular flexibility index (Phi) is 43.6.